The molecule has 1 fully saturated rings. The van der Waals surface area contributed by atoms with Crippen molar-refractivity contribution in [2.45, 2.75) is 26.8 Å². The molecule has 0 radical (unpaired) electrons. The van der Waals surface area contributed by atoms with Crippen LogP contribution in [0.3, 0.4) is 0 Å². The highest BCUT2D eigenvalue weighted by molar-refractivity contribution is 6.35. The predicted molar refractivity (Wildman–Crippen MR) is 80.7 cm³/mol. The Bertz CT molecular complexity index is 518. The van der Waals surface area contributed by atoms with Crippen LogP contribution >= 0.6 is 0 Å². The van der Waals surface area contributed by atoms with E-state index in [1.165, 1.54) is 0 Å². The van der Waals surface area contributed by atoms with E-state index in [1.54, 1.807) is 16.0 Å². The summed E-state index contributed by atoms with van der Waals surface area (Å²) in [6.07, 6.45) is 2.73. The van der Waals surface area contributed by atoms with E-state index in [9.17, 15) is 9.59 Å². The fourth-order valence-corrected chi connectivity index (χ4v) is 2.34. The fraction of sp³-hybridized carbons (Fsp3) is 0.533. The van der Waals surface area contributed by atoms with Gasteiger partial charge in [-0.1, -0.05) is 13.0 Å². The number of aromatic nitrogens is 1. The summed E-state index contributed by atoms with van der Waals surface area (Å²) in [5.41, 5.74) is 0.942. The number of anilines is 1. The molecule has 1 saturated heterocycles. The molecule has 2 amide bonds. The van der Waals surface area contributed by atoms with Gasteiger partial charge in [0, 0.05) is 44.5 Å². The van der Waals surface area contributed by atoms with Gasteiger partial charge in [-0.25, -0.2) is 4.98 Å². The Kier molecular flexibility index (Phi) is 5.14. The molecule has 21 heavy (non-hydrogen) atoms. The van der Waals surface area contributed by atoms with E-state index in [4.69, 9.17) is 0 Å². The van der Waals surface area contributed by atoms with Gasteiger partial charge in [0.15, 0.2) is 0 Å². The zero-order valence-corrected chi connectivity index (χ0v) is 12.6. The van der Waals surface area contributed by atoms with Crippen molar-refractivity contribution in [3.8, 4) is 0 Å². The summed E-state index contributed by atoms with van der Waals surface area (Å²) in [5.74, 6) is -0.0402. The van der Waals surface area contributed by atoms with E-state index in [1.807, 2.05) is 19.1 Å². The van der Waals surface area contributed by atoms with E-state index >= 15 is 0 Å². The van der Waals surface area contributed by atoms with E-state index in [2.05, 4.69) is 17.2 Å². The number of pyridine rings is 1. The topological polar surface area (TPSA) is 65.5 Å². The number of hydrogen-bond acceptors (Lipinski definition) is 4. The Hall–Kier alpha value is -2.11. The maximum Gasteiger partial charge on any atom is 0.312 e. The van der Waals surface area contributed by atoms with E-state index < -0.39 is 11.8 Å². The van der Waals surface area contributed by atoms with Crippen molar-refractivity contribution in [3.05, 3.63) is 23.9 Å². The number of likely N-dealkylation sites (N-methyl/N-ethyl adjacent to an activating group) is 1. The van der Waals surface area contributed by atoms with Crippen molar-refractivity contribution in [2.24, 2.45) is 0 Å². The highest BCUT2D eigenvalue weighted by Gasteiger charge is 2.31. The molecule has 0 saturated carbocycles. The Balaban J connectivity index is 2.08. The van der Waals surface area contributed by atoms with Crippen molar-refractivity contribution in [3.63, 3.8) is 0 Å². The first kappa shape index (κ1) is 15.3. The van der Waals surface area contributed by atoms with Crippen molar-refractivity contribution < 1.29 is 9.59 Å². The molecule has 0 spiro atoms. The number of piperazine rings is 1. The van der Waals surface area contributed by atoms with Gasteiger partial charge in [-0.3, -0.25) is 9.59 Å². The minimum atomic E-state index is -0.423. The van der Waals surface area contributed by atoms with Crippen LogP contribution in [-0.2, 0) is 16.1 Å². The van der Waals surface area contributed by atoms with Crippen molar-refractivity contribution in [1.82, 2.24) is 14.8 Å². The second-order valence-corrected chi connectivity index (χ2v) is 5.05. The van der Waals surface area contributed by atoms with Gasteiger partial charge in [0.1, 0.15) is 5.82 Å². The van der Waals surface area contributed by atoms with E-state index in [-0.39, 0.29) is 0 Å². The van der Waals surface area contributed by atoms with Gasteiger partial charge in [0.2, 0.25) is 0 Å². The SMILES string of the molecule is CCCNc1ncccc1CN1CCN(CC)C(=O)C1=O. The molecule has 1 N–H and O–H groups in total. The zero-order valence-electron chi connectivity index (χ0n) is 12.6. The first-order chi connectivity index (χ1) is 10.2. The third kappa shape index (κ3) is 3.51. The number of carbonyl (C=O) groups is 2. The summed E-state index contributed by atoms with van der Waals surface area (Å²) < 4.78 is 0. The summed E-state index contributed by atoms with van der Waals surface area (Å²) >= 11 is 0. The molecule has 0 unspecified atom stereocenters. The average Bonchev–Trinajstić information content (AvgIpc) is 2.51. The van der Waals surface area contributed by atoms with E-state index in [0.717, 1.165) is 24.3 Å². The van der Waals surface area contributed by atoms with Crippen LogP contribution in [0.1, 0.15) is 25.8 Å². The van der Waals surface area contributed by atoms with Gasteiger partial charge in [-0.05, 0) is 19.4 Å². The third-order valence-corrected chi connectivity index (χ3v) is 3.57. The molecule has 114 valence electrons. The molecule has 0 aromatic carbocycles. The Morgan fingerprint density at radius 1 is 1.19 bits per heavy atom. The van der Waals surface area contributed by atoms with Crippen molar-refractivity contribution in [1.29, 1.82) is 0 Å². The molecule has 1 aromatic rings. The monoisotopic (exact) mass is 290 g/mol. The largest absolute Gasteiger partial charge is 0.370 e. The van der Waals surface area contributed by atoms with Crippen LogP contribution in [0, 0.1) is 0 Å². The maximum atomic E-state index is 12.1. The number of hydrogen-bond donors (Lipinski definition) is 1. The molecule has 1 aliphatic rings. The maximum absolute atomic E-state index is 12.1. The van der Waals surface area contributed by atoms with Crippen LogP contribution in [0.25, 0.3) is 0 Å². The Morgan fingerprint density at radius 2 is 1.90 bits per heavy atom. The first-order valence-corrected chi connectivity index (χ1v) is 7.43. The Morgan fingerprint density at radius 3 is 2.62 bits per heavy atom. The third-order valence-electron chi connectivity index (χ3n) is 3.57. The number of amides is 2. The minimum absolute atomic E-state index is 0.407. The molecule has 2 heterocycles. The van der Waals surface area contributed by atoms with Gasteiger partial charge in [-0.2, -0.15) is 0 Å². The standard InChI is InChI=1S/C15H22N4O2/c1-3-7-16-13-12(6-5-8-17-13)11-19-10-9-18(4-2)14(20)15(19)21/h5-6,8H,3-4,7,9-11H2,1-2H3,(H,16,17). The lowest BCUT2D eigenvalue weighted by Gasteiger charge is -2.33. The first-order valence-electron chi connectivity index (χ1n) is 7.43. The second kappa shape index (κ2) is 7.06. The van der Waals surface area contributed by atoms with Gasteiger partial charge in [-0.15, -0.1) is 0 Å². The van der Waals surface area contributed by atoms with Crippen LogP contribution in [0.15, 0.2) is 18.3 Å². The summed E-state index contributed by atoms with van der Waals surface area (Å²) in [6, 6.07) is 3.79. The highest BCUT2D eigenvalue weighted by Crippen LogP contribution is 2.16. The number of nitrogens with zero attached hydrogens (tertiary/aromatic N) is 3. The second-order valence-electron chi connectivity index (χ2n) is 5.05. The molecule has 6 heteroatoms. The Labute approximate surface area is 125 Å². The quantitative estimate of drug-likeness (QED) is 0.797. The molecule has 0 bridgehead atoms. The normalized spacial score (nSPS) is 15.5. The van der Waals surface area contributed by atoms with Crippen LogP contribution in [0.4, 0.5) is 5.82 Å². The number of carbonyl (C=O) groups excluding carboxylic acids is 2. The van der Waals surface area contributed by atoms with Crippen LogP contribution in [0.5, 0.6) is 0 Å². The average molecular weight is 290 g/mol. The lowest BCUT2D eigenvalue weighted by Crippen LogP contribution is -2.53. The molecule has 6 nitrogen and oxygen atoms in total. The molecule has 1 aromatic heterocycles. The molecular weight excluding hydrogens is 268 g/mol. The van der Waals surface area contributed by atoms with Gasteiger partial charge in [0.05, 0.1) is 0 Å². The molecule has 0 atom stereocenters. The van der Waals surface area contributed by atoms with Crippen LogP contribution < -0.4 is 5.32 Å². The molecule has 2 rings (SSSR count). The van der Waals surface area contributed by atoms with Gasteiger partial charge >= 0.3 is 11.8 Å². The summed E-state index contributed by atoms with van der Waals surface area (Å²) in [4.78, 5) is 31.5. The van der Waals surface area contributed by atoms with Gasteiger partial charge < -0.3 is 15.1 Å². The molecular formula is C15H22N4O2. The zero-order chi connectivity index (χ0) is 15.2. The minimum Gasteiger partial charge on any atom is -0.370 e. The van der Waals surface area contributed by atoms with Crippen molar-refractivity contribution >= 4 is 17.6 Å². The lowest BCUT2D eigenvalue weighted by atomic mass is 10.2. The summed E-state index contributed by atoms with van der Waals surface area (Å²) in [6.45, 7) is 6.97. The molecule has 1 aliphatic heterocycles. The van der Waals surface area contributed by atoms with E-state index in [0.29, 0.717) is 26.2 Å². The predicted octanol–water partition coefficient (Wildman–Crippen LogP) is 1.09. The summed E-state index contributed by atoms with van der Waals surface area (Å²) in [7, 11) is 0. The lowest BCUT2D eigenvalue weighted by molar-refractivity contribution is -0.156. The highest BCUT2D eigenvalue weighted by atomic mass is 16.2. The van der Waals surface area contributed by atoms with Crippen molar-refractivity contribution in [2.75, 3.05) is 31.5 Å². The number of rotatable bonds is 6. The van der Waals surface area contributed by atoms with Gasteiger partial charge in [0.25, 0.3) is 0 Å². The number of nitrogens with one attached hydrogen (secondary N) is 1. The summed E-state index contributed by atoms with van der Waals surface area (Å²) in [5, 5.41) is 3.25. The fourth-order valence-electron chi connectivity index (χ4n) is 2.34. The molecule has 0 aliphatic carbocycles. The smallest absolute Gasteiger partial charge is 0.312 e. The van der Waals surface area contributed by atoms with Crippen LogP contribution in [-0.4, -0.2) is 52.8 Å². The van der Waals surface area contributed by atoms with Crippen LogP contribution in [0.2, 0.25) is 0 Å².